The van der Waals surface area contributed by atoms with E-state index < -0.39 is 0 Å². The van der Waals surface area contributed by atoms with Crippen molar-refractivity contribution >= 4 is 5.91 Å². The number of rotatable bonds is 9. The van der Waals surface area contributed by atoms with Gasteiger partial charge in [0.1, 0.15) is 11.5 Å². The first kappa shape index (κ1) is 23.1. The molecular weight excluding hydrogens is 392 g/mol. The Morgan fingerprint density at radius 1 is 1.10 bits per heavy atom. The van der Waals surface area contributed by atoms with Gasteiger partial charge in [0.25, 0.3) is 5.91 Å². The molecule has 1 N–H and O–H groups in total. The van der Waals surface area contributed by atoms with E-state index in [2.05, 4.69) is 49.2 Å². The van der Waals surface area contributed by atoms with Crippen LogP contribution in [0.4, 0.5) is 0 Å². The maximum Gasteiger partial charge on any atom is 0.258 e. The number of methoxy groups -OCH3 is 1. The highest BCUT2D eigenvalue weighted by atomic mass is 16.5. The van der Waals surface area contributed by atoms with Crippen molar-refractivity contribution in [2.45, 2.75) is 32.7 Å². The molecule has 3 rings (SSSR count). The average molecular weight is 427 g/mol. The zero-order valence-corrected chi connectivity index (χ0v) is 19.0. The highest BCUT2D eigenvalue weighted by Crippen LogP contribution is 2.25. The van der Waals surface area contributed by atoms with Crippen molar-refractivity contribution in [3.8, 4) is 11.5 Å². The quantitative estimate of drug-likeness (QED) is 0.663. The van der Waals surface area contributed by atoms with Gasteiger partial charge in [-0.15, -0.1) is 0 Å². The van der Waals surface area contributed by atoms with Crippen LogP contribution < -0.4 is 14.8 Å². The normalized spacial score (nSPS) is 15.5. The Bertz CT molecular complexity index is 845. The third-order valence-corrected chi connectivity index (χ3v) is 5.71. The molecule has 1 heterocycles. The molecule has 31 heavy (non-hydrogen) atoms. The molecule has 1 amide bonds. The van der Waals surface area contributed by atoms with Crippen molar-refractivity contribution in [3.63, 3.8) is 0 Å². The highest BCUT2D eigenvalue weighted by molar-refractivity contribution is 5.77. The van der Waals surface area contributed by atoms with Crippen molar-refractivity contribution in [3.05, 3.63) is 59.2 Å². The summed E-state index contributed by atoms with van der Waals surface area (Å²) in [7, 11) is 1.66. The number of carbonyl (C=O) groups is 1. The van der Waals surface area contributed by atoms with Gasteiger partial charge < -0.3 is 19.5 Å². The lowest BCUT2D eigenvalue weighted by atomic mass is 9.98. The van der Waals surface area contributed by atoms with Gasteiger partial charge in [-0.25, -0.2) is 0 Å². The van der Waals surface area contributed by atoms with E-state index in [-0.39, 0.29) is 18.6 Å². The lowest BCUT2D eigenvalue weighted by Gasteiger charge is -2.35. The van der Waals surface area contributed by atoms with Gasteiger partial charge >= 0.3 is 0 Å². The second-order valence-corrected chi connectivity index (χ2v) is 8.20. The molecule has 0 saturated carbocycles. The number of nitrogens with zero attached hydrogens (tertiary/aromatic N) is 1. The summed E-state index contributed by atoms with van der Waals surface area (Å²) in [6.45, 7) is 10.0. The summed E-state index contributed by atoms with van der Waals surface area (Å²) in [6, 6.07) is 14.1. The molecule has 0 aliphatic carbocycles. The highest BCUT2D eigenvalue weighted by Gasteiger charge is 2.23. The summed E-state index contributed by atoms with van der Waals surface area (Å²) in [4.78, 5) is 14.8. The molecule has 1 aliphatic heterocycles. The number of nitrogens with one attached hydrogen (secondary N) is 1. The van der Waals surface area contributed by atoms with Crippen LogP contribution in [0.1, 0.15) is 42.5 Å². The smallest absolute Gasteiger partial charge is 0.258 e. The lowest BCUT2D eigenvalue weighted by Crippen LogP contribution is -2.44. The minimum atomic E-state index is -0.127. The van der Waals surface area contributed by atoms with Gasteiger partial charge in [-0.05, 0) is 53.8 Å². The number of hydrogen-bond donors (Lipinski definition) is 1. The topological polar surface area (TPSA) is 60.0 Å². The summed E-state index contributed by atoms with van der Waals surface area (Å²) in [5, 5.41) is 3.04. The first-order valence-corrected chi connectivity index (χ1v) is 10.9. The molecule has 168 valence electrons. The van der Waals surface area contributed by atoms with Crippen LogP contribution in [0.15, 0.2) is 42.5 Å². The number of benzene rings is 2. The second kappa shape index (κ2) is 11.2. The average Bonchev–Trinajstić information content (AvgIpc) is 2.78. The fourth-order valence-electron chi connectivity index (χ4n) is 3.97. The van der Waals surface area contributed by atoms with E-state index in [9.17, 15) is 4.79 Å². The summed E-state index contributed by atoms with van der Waals surface area (Å²) in [6.07, 6.45) is 0. The predicted octanol–water partition coefficient (Wildman–Crippen LogP) is 3.70. The van der Waals surface area contributed by atoms with E-state index in [4.69, 9.17) is 14.2 Å². The molecule has 0 radical (unpaired) electrons. The van der Waals surface area contributed by atoms with Crippen LogP contribution in [0.3, 0.4) is 0 Å². The molecule has 1 aliphatic rings. The fourth-order valence-corrected chi connectivity index (χ4v) is 3.97. The molecule has 1 saturated heterocycles. The van der Waals surface area contributed by atoms with Gasteiger partial charge in [0.05, 0.1) is 26.4 Å². The third kappa shape index (κ3) is 6.45. The van der Waals surface area contributed by atoms with Crippen LogP contribution in [0, 0.1) is 6.92 Å². The molecule has 0 bridgehead atoms. The molecule has 1 atom stereocenters. The van der Waals surface area contributed by atoms with Gasteiger partial charge in [0.2, 0.25) is 0 Å². The summed E-state index contributed by atoms with van der Waals surface area (Å²) in [5.41, 5.74) is 3.62. The molecule has 2 aromatic carbocycles. The number of carbonyl (C=O) groups excluding carboxylic acids is 1. The van der Waals surface area contributed by atoms with Gasteiger partial charge in [-0.1, -0.05) is 32.0 Å². The van der Waals surface area contributed by atoms with Gasteiger partial charge in [0.15, 0.2) is 6.61 Å². The van der Waals surface area contributed by atoms with Crippen LogP contribution >= 0.6 is 0 Å². The third-order valence-electron chi connectivity index (χ3n) is 5.71. The van der Waals surface area contributed by atoms with Crippen molar-refractivity contribution in [2.24, 2.45) is 0 Å². The SMILES string of the molecule is COc1ccc(C(CNC(=O)COc2ccc(C(C)C)c(C)c2)N2CCOCC2)cc1. The summed E-state index contributed by atoms with van der Waals surface area (Å²) < 4.78 is 16.5. The van der Waals surface area contributed by atoms with Gasteiger partial charge in [-0.3, -0.25) is 9.69 Å². The molecule has 1 unspecified atom stereocenters. The molecular formula is C25H34N2O4. The number of hydrogen-bond acceptors (Lipinski definition) is 5. The van der Waals surface area contributed by atoms with E-state index in [1.807, 2.05) is 24.3 Å². The summed E-state index contributed by atoms with van der Waals surface area (Å²) in [5.74, 6) is 1.88. The molecule has 6 heteroatoms. The molecule has 6 nitrogen and oxygen atoms in total. The van der Waals surface area contributed by atoms with Gasteiger partial charge in [-0.2, -0.15) is 0 Å². The van der Waals surface area contributed by atoms with E-state index in [0.29, 0.717) is 25.7 Å². The maximum atomic E-state index is 12.5. The van der Waals surface area contributed by atoms with Crippen molar-refractivity contribution < 1.29 is 19.0 Å². The maximum absolute atomic E-state index is 12.5. The second-order valence-electron chi connectivity index (χ2n) is 8.20. The Labute approximate surface area is 185 Å². The fraction of sp³-hybridized carbons (Fsp3) is 0.480. The van der Waals surface area contributed by atoms with Crippen molar-refractivity contribution in [2.75, 3.05) is 46.6 Å². The number of morpholine rings is 1. The first-order valence-electron chi connectivity index (χ1n) is 10.9. The number of aryl methyl sites for hydroxylation is 1. The standard InChI is InChI=1S/C25H34N2O4/c1-18(2)23-10-9-22(15-19(23)3)31-17-25(28)26-16-24(27-11-13-30-14-12-27)20-5-7-21(29-4)8-6-20/h5-10,15,18,24H,11-14,16-17H2,1-4H3,(H,26,28). The Balaban J connectivity index is 1.58. The Kier molecular flexibility index (Phi) is 8.32. The molecule has 0 spiro atoms. The number of amides is 1. The van der Waals surface area contributed by atoms with Crippen LogP contribution in [-0.4, -0.2) is 57.4 Å². The summed E-state index contributed by atoms with van der Waals surface area (Å²) >= 11 is 0. The van der Waals surface area contributed by atoms with Gasteiger partial charge in [0, 0.05) is 19.6 Å². The van der Waals surface area contributed by atoms with E-state index in [1.165, 1.54) is 11.1 Å². The lowest BCUT2D eigenvalue weighted by molar-refractivity contribution is -0.123. The zero-order valence-electron chi connectivity index (χ0n) is 19.0. The Hall–Kier alpha value is -2.57. The minimum absolute atomic E-state index is 0.00108. The molecule has 2 aromatic rings. The van der Waals surface area contributed by atoms with Crippen LogP contribution in [-0.2, 0) is 9.53 Å². The van der Waals surface area contributed by atoms with Crippen LogP contribution in [0.25, 0.3) is 0 Å². The van der Waals surface area contributed by atoms with E-state index >= 15 is 0 Å². The van der Waals surface area contributed by atoms with E-state index in [0.717, 1.165) is 30.2 Å². The largest absolute Gasteiger partial charge is 0.497 e. The van der Waals surface area contributed by atoms with Crippen LogP contribution in [0.2, 0.25) is 0 Å². The van der Waals surface area contributed by atoms with Crippen molar-refractivity contribution in [1.82, 2.24) is 10.2 Å². The minimum Gasteiger partial charge on any atom is -0.497 e. The number of ether oxygens (including phenoxy) is 3. The van der Waals surface area contributed by atoms with Crippen LogP contribution in [0.5, 0.6) is 11.5 Å². The van der Waals surface area contributed by atoms with Crippen molar-refractivity contribution in [1.29, 1.82) is 0 Å². The molecule has 0 aromatic heterocycles. The Morgan fingerprint density at radius 2 is 1.77 bits per heavy atom. The molecule has 1 fully saturated rings. The van der Waals surface area contributed by atoms with E-state index in [1.54, 1.807) is 7.11 Å². The zero-order chi connectivity index (χ0) is 22.2. The Morgan fingerprint density at radius 3 is 2.39 bits per heavy atom. The first-order chi connectivity index (χ1) is 15.0. The predicted molar refractivity (Wildman–Crippen MR) is 122 cm³/mol. The monoisotopic (exact) mass is 426 g/mol.